The number of unbranched alkanes of at least 4 members (excludes halogenated alkanes) is 19. The maximum absolute atomic E-state index is 12.2. The number of ether oxygens (including phenoxy) is 2. The van der Waals surface area contributed by atoms with Gasteiger partial charge in [-0.25, -0.2) is 0 Å². The number of aliphatic hydroxyl groups is 1. The van der Waals surface area contributed by atoms with Gasteiger partial charge in [-0.1, -0.05) is 184 Å². The van der Waals surface area contributed by atoms with E-state index in [0.29, 0.717) is 12.8 Å². The normalized spacial score (nSPS) is 12.8. The number of carbonyl (C=O) groups is 2. The van der Waals surface area contributed by atoms with Gasteiger partial charge in [-0.15, -0.1) is 0 Å². The first-order valence-corrected chi connectivity index (χ1v) is 20.8. The van der Waals surface area contributed by atoms with Crippen LogP contribution in [0.15, 0.2) is 60.8 Å². The van der Waals surface area contributed by atoms with E-state index in [2.05, 4.69) is 74.6 Å². The lowest BCUT2D eigenvalue weighted by atomic mass is 10.0. The van der Waals surface area contributed by atoms with E-state index >= 15 is 0 Å². The lowest BCUT2D eigenvalue weighted by Gasteiger charge is -2.15. The molecule has 0 aliphatic carbocycles. The number of esters is 2. The molecule has 0 aliphatic heterocycles. The van der Waals surface area contributed by atoms with Gasteiger partial charge in [0.25, 0.3) is 0 Å². The highest BCUT2D eigenvalue weighted by Crippen LogP contribution is 2.14. The summed E-state index contributed by atoms with van der Waals surface area (Å²) in [5.41, 5.74) is 0. The van der Waals surface area contributed by atoms with Gasteiger partial charge in [0.15, 0.2) is 6.10 Å². The largest absolute Gasteiger partial charge is 0.462 e. The van der Waals surface area contributed by atoms with Crippen molar-refractivity contribution >= 4 is 11.9 Å². The zero-order valence-corrected chi connectivity index (χ0v) is 32.6. The number of hydrogen-bond donors (Lipinski definition) is 1. The Hall–Kier alpha value is -2.40. The van der Waals surface area contributed by atoms with Crippen molar-refractivity contribution in [1.29, 1.82) is 0 Å². The Morgan fingerprint density at radius 1 is 0.480 bits per heavy atom. The lowest BCUT2D eigenvalue weighted by molar-refractivity contribution is -0.161. The quantitative estimate of drug-likeness (QED) is 0.0397. The molecule has 5 nitrogen and oxygen atoms in total. The van der Waals surface area contributed by atoms with Crippen LogP contribution in [-0.2, 0) is 19.1 Å². The van der Waals surface area contributed by atoms with E-state index in [-0.39, 0.29) is 25.2 Å². The molecule has 50 heavy (non-hydrogen) atoms. The molecule has 0 spiro atoms. The Kier molecular flexibility index (Phi) is 39.1. The van der Waals surface area contributed by atoms with Crippen molar-refractivity contribution in [2.45, 2.75) is 200 Å². The van der Waals surface area contributed by atoms with Gasteiger partial charge >= 0.3 is 11.9 Å². The van der Waals surface area contributed by atoms with E-state index in [9.17, 15) is 14.7 Å². The number of aliphatic hydroxyl groups excluding tert-OH is 1. The number of carbonyl (C=O) groups excluding carboxylic acids is 2. The lowest BCUT2D eigenvalue weighted by Crippen LogP contribution is -2.28. The zero-order chi connectivity index (χ0) is 36.4. The first-order chi connectivity index (χ1) is 24.6. The van der Waals surface area contributed by atoms with Crippen LogP contribution in [0.25, 0.3) is 0 Å². The molecule has 0 aromatic heterocycles. The second-order valence-corrected chi connectivity index (χ2v) is 13.7. The highest BCUT2D eigenvalue weighted by Gasteiger charge is 2.16. The summed E-state index contributed by atoms with van der Waals surface area (Å²) in [7, 11) is 0. The molecule has 0 fully saturated rings. The van der Waals surface area contributed by atoms with Gasteiger partial charge in [-0.2, -0.15) is 0 Å². The van der Waals surface area contributed by atoms with Crippen molar-refractivity contribution < 1.29 is 24.2 Å². The summed E-state index contributed by atoms with van der Waals surface area (Å²) < 4.78 is 10.6. The van der Waals surface area contributed by atoms with Crippen LogP contribution in [0.4, 0.5) is 0 Å². The minimum absolute atomic E-state index is 0.0667. The van der Waals surface area contributed by atoms with Crippen LogP contribution in [0, 0.1) is 0 Å². The summed E-state index contributed by atoms with van der Waals surface area (Å²) in [4.78, 5) is 24.2. The van der Waals surface area contributed by atoms with E-state index in [1.54, 1.807) is 0 Å². The number of hydrogen-bond acceptors (Lipinski definition) is 5. The third-order valence-electron chi connectivity index (χ3n) is 8.83. The molecular formula is C45H78O5. The van der Waals surface area contributed by atoms with Crippen LogP contribution in [0.1, 0.15) is 194 Å². The van der Waals surface area contributed by atoms with E-state index in [4.69, 9.17) is 9.47 Å². The summed E-state index contributed by atoms with van der Waals surface area (Å²) in [6.07, 6.45) is 53.0. The molecule has 5 heteroatoms. The molecule has 0 aromatic carbocycles. The molecular weight excluding hydrogens is 620 g/mol. The van der Waals surface area contributed by atoms with Crippen LogP contribution in [0.3, 0.4) is 0 Å². The monoisotopic (exact) mass is 699 g/mol. The van der Waals surface area contributed by atoms with Crippen molar-refractivity contribution in [2.24, 2.45) is 0 Å². The molecule has 0 rings (SSSR count). The molecule has 1 N–H and O–H groups in total. The molecule has 0 radical (unpaired) electrons. The molecule has 288 valence electrons. The van der Waals surface area contributed by atoms with Crippen LogP contribution in [-0.4, -0.2) is 36.4 Å². The van der Waals surface area contributed by atoms with Gasteiger partial charge in [-0.3, -0.25) is 9.59 Å². The van der Waals surface area contributed by atoms with Gasteiger partial charge in [0, 0.05) is 12.8 Å². The maximum Gasteiger partial charge on any atom is 0.306 e. The summed E-state index contributed by atoms with van der Waals surface area (Å²) in [5, 5.41) is 9.54. The number of rotatable bonds is 37. The molecule has 1 atom stereocenters. The van der Waals surface area contributed by atoms with Crippen LogP contribution < -0.4 is 0 Å². The van der Waals surface area contributed by atoms with E-state index in [0.717, 1.165) is 70.6 Å². The Labute approximate surface area is 309 Å². The van der Waals surface area contributed by atoms with Gasteiger partial charge in [-0.05, 0) is 57.8 Å². The van der Waals surface area contributed by atoms with Crippen molar-refractivity contribution in [3.05, 3.63) is 60.8 Å². The molecule has 0 amide bonds. The van der Waals surface area contributed by atoms with Crippen LogP contribution in [0.5, 0.6) is 0 Å². The fraction of sp³-hybridized carbons (Fsp3) is 0.733. The summed E-state index contributed by atoms with van der Waals surface area (Å²) in [6.45, 7) is 3.99. The van der Waals surface area contributed by atoms with E-state index < -0.39 is 6.10 Å². The molecule has 0 bridgehead atoms. The average Bonchev–Trinajstić information content (AvgIpc) is 3.12. The van der Waals surface area contributed by atoms with Crippen molar-refractivity contribution in [1.82, 2.24) is 0 Å². The standard InChI is InChI=1S/C45H78O5/c1-3-5-7-9-11-13-14-15-16-17-18-19-20-21-22-23-24-25-26-27-28-29-30-32-34-36-38-40-45(48)50-43(41-46)42-49-44(47)39-37-35-33-31-12-10-8-6-4-2/h5,7,11,13,15-16,18-19,21-22,43,46H,3-4,6,8-10,12,14,17,20,23-42H2,1-2H3/b7-5-,13-11-,16-15-,19-18-,22-21-. The fourth-order valence-corrected chi connectivity index (χ4v) is 5.70. The Bertz CT molecular complexity index is 884. The second-order valence-electron chi connectivity index (χ2n) is 13.7. The van der Waals surface area contributed by atoms with Gasteiger partial charge in [0.1, 0.15) is 6.61 Å². The smallest absolute Gasteiger partial charge is 0.306 e. The van der Waals surface area contributed by atoms with E-state index in [1.165, 1.54) is 96.3 Å². The summed E-state index contributed by atoms with van der Waals surface area (Å²) >= 11 is 0. The predicted octanol–water partition coefficient (Wildman–Crippen LogP) is 13.2. The summed E-state index contributed by atoms with van der Waals surface area (Å²) in [5.74, 6) is -0.597. The third kappa shape index (κ3) is 38.4. The maximum atomic E-state index is 12.2. The molecule has 0 aliphatic rings. The zero-order valence-electron chi connectivity index (χ0n) is 32.6. The molecule has 0 aromatic rings. The number of allylic oxidation sites excluding steroid dienone is 10. The molecule has 0 saturated carbocycles. The predicted molar refractivity (Wildman–Crippen MR) is 214 cm³/mol. The first-order valence-electron chi connectivity index (χ1n) is 20.8. The van der Waals surface area contributed by atoms with Crippen LogP contribution in [0.2, 0.25) is 0 Å². The highest BCUT2D eigenvalue weighted by molar-refractivity contribution is 5.70. The van der Waals surface area contributed by atoms with Crippen LogP contribution >= 0.6 is 0 Å². The van der Waals surface area contributed by atoms with Crippen molar-refractivity contribution in [2.75, 3.05) is 13.2 Å². The molecule has 1 unspecified atom stereocenters. The van der Waals surface area contributed by atoms with Crippen molar-refractivity contribution in [3.8, 4) is 0 Å². The minimum Gasteiger partial charge on any atom is -0.462 e. The molecule has 0 saturated heterocycles. The first kappa shape index (κ1) is 47.6. The highest BCUT2D eigenvalue weighted by atomic mass is 16.6. The van der Waals surface area contributed by atoms with Gasteiger partial charge < -0.3 is 14.6 Å². The topological polar surface area (TPSA) is 72.8 Å². The van der Waals surface area contributed by atoms with Gasteiger partial charge in [0.2, 0.25) is 0 Å². The minimum atomic E-state index is -0.771. The SMILES string of the molecule is CC/C=C\C/C=C\C/C=C\C/C=C\C/C=C\CCCCCCCCCCCCCC(=O)OC(CO)COC(=O)CCCCCCCCCCC. The van der Waals surface area contributed by atoms with E-state index in [1.807, 2.05) is 0 Å². The molecule has 0 heterocycles. The Balaban J connectivity index is 3.52. The third-order valence-corrected chi connectivity index (χ3v) is 8.83. The average molecular weight is 699 g/mol. The van der Waals surface area contributed by atoms with Gasteiger partial charge in [0.05, 0.1) is 6.61 Å². The Morgan fingerprint density at radius 2 is 0.860 bits per heavy atom. The Morgan fingerprint density at radius 3 is 1.30 bits per heavy atom. The fourth-order valence-electron chi connectivity index (χ4n) is 5.70. The second kappa shape index (κ2) is 41.0. The summed E-state index contributed by atoms with van der Waals surface area (Å²) in [6, 6.07) is 0. The van der Waals surface area contributed by atoms with Crippen molar-refractivity contribution in [3.63, 3.8) is 0 Å².